The summed E-state index contributed by atoms with van der Waals surface area (Å²) in [4.78, 5) is 5.65. The smallest absolute Gasteiger partial charge is 0.131 e. The highest BCUT2D eigenvalue weighted by Gasteiger charge is 2.23. The maximum atomic E-state index is 14.2. The van der Waals surface area contributed by atoms with Gasteiger partial charge in [-0.1, -0.05) is 12.1 Å². The first-order chi connectivity index (χ1) is 11.7. The molecule has 1 aromatic carbocycles. The molecule has 1 saturated heterocycles. The second-order valence-corrected chi connectivity index (χ2v) is 7.47. The van der Waals surface area contributed by atoms with Gasteiger partial charge in [-0.3, -0.25) is 4.90 Å². The quantitative estimate of drug-likeness (QED) is 0.866. The van der Waals surface area contributed by atoms with Crippen LogP contribution in [0, 0.1) is 5.82 Å². The first-order valence-corrected chi connectivity index (χ1v) is 9.41. The maximum absolute atomic E-state index is 14.2. The Kier molecular flexibility index (Phi) is 6.00. The predicted octanol–water partition coefficient (Wildman–Crippen LogP) is 3.44. The number of likely N-dealkylation sites (tertiary alicyclic amines) is 1. The number of aliphatic hydroxyl groups excluding tert-OH is 1. The second-order valence-electron chi connectivity index (χ2n) is 6.52. The molecule has 0 atom stereocenters. The summed E-state index contributed by atoms with van der Waals surface area (Å²) in [6.45, 7) is 3.77. The van der Waals surface area contributed by atoms with E-state index in [9.17, 15) is 9.50 Å². The number of thiophene rings is 1. The van der Waals surface area contributed by atoms with Crippen molar-refractivity contribution >= 4 is 11.3 Å². The number of piperidine rings is 1. The molecule has 0 amide bonds. The normalized spacial score (nSPS) is 16.8. The molecule has 5 heteroatoms. The van der Waals surface area contributed by atoms with Crippen LogP contribution in [-0.4, -0.2) is 54.2 Å². The van der Waals surface area contributed by atoms with Crippen LogP contribution in [0.1, 0.15) is 18.4 Å². The molecule has 0 bridgehead atoms. The van der Waals surface area contributed by atoms with E-state index in [2.05, 4.69) is 16.8 Å². The highest BCUT2D eigenvalue weighted by Crippen LogP contribution is 2.29. The van der Waals surface area contributed by atoms with Crippen molar-refractivity contribution < 1.29 is 9.50 Å². The summed E-state index contributed by atoms with van der Waals surface area (Å²) in [5, 5.41) is 11.4. The van der Waals surface area contributed by atoms with Crippen molar-refractivity contribution in [1.82, 2.24) is 9.80 Å². The Morgan fingerprint density at radius 2 is 2.08 bits per heavy atom. The number of rotatable bonds is 6. The molecule has 0 spiro atoms. The largest absolute Gasteiger partial charge is 0.395 e. The van der Waals surface area contributed by atoms with Crippen LogP contribution in [0.3, 0.4) is 0 Å². The summed E-state index contributed by atoms with van der Waals surface area (Å²) >= 11 is 1.56. The summed E-state index contributed by atoms with van der Waals surface area (Å²) in [6.07, 6.45) is 2.24. The van der Waals surface area contributed by atoms with E-state index in [1.807, 2.05) is 29.6 Å². The Morgan fingerprint density at radius 1 is 1.29 bits per heavy atom. The highest BCUT2D eigenvalue weighted by molar-refractivity contribution is 7.13. The molecule has 3 rings (SSSR count). The van der Waals surface area contributed by atoms with Crippen molar-refractivity contribution in [2.45, 2.75) is 25.4 Å². The van der Waals surface area contributed by atoms with Crippen LogP contribution in [0.15, 0.2) is 35.7 Å². The van der Waals surface area contributed by atoms with Crippen LogP contribution in [0.2, 0.25) is 0 Å². The first kappa shape index (κ1) is 17.5. The lowest BCUT2D eigenvalue weighted by Gasteiger charge is -2.37. The van der Waals surface area contributed by atoms with Gasteiger partial charge in [-0.15, -0.1) is 11.3 Å². The van der Waals surface area contributed by atoms with Crippen molar-refractivity contribution in [1.29, 1.82) is 0 Å². The number of halogens is 1. The fraction of sp³-hybridized carbons (Fsp3) is 0.474. The fourth-order valence-electron chi connectivity index (χ4n) is 3.41. The van der Waals surface area contributed by atoms with Gasteiger partial charge in [0.15, 0.2) is 0 Å². The number of hydrogen-bond donors (Lipinski definition) is 1. The summed E-state index contributed by atoms with van der Waals surface area (Å²) in [6, 6.07) is 9.78. The third kappa shape index (κ3) is 4.22. The second kappa shape index (κ2) is 8.21. The SMILES string of the molecule is CN1CCC(N(CCO)Cc2ccc(F)c(-c3cccs3)c2)CC1. The summed E-state index contributed by atoms with van der Waals surface area (Å²) in [5.74, 6) is -0.172. The minimum absolute atomic E-state index is 0.158. The van der Waals surface area contributed by atoms with Gasteiger partial charge in [-0.05, 0) is 62.1 Å². The monoisotopic (exact) mass is 348 g/mol. The van der Waals surface area contributed by atoms with Crippen molar-refractivity contribution in [3.63, 3.8) is 0 Å². The molecule has 130 valence electrons. The zero-order chi connectivity index (χ0) is 16.9. The summed E-state index contributed by atoms with van der Waals surface area (Å²) < 4.78 is 14.2. The van der Waals surface area contributed by atoms with Crippen LogP contribution >= 0.6 is 11.3 Å². The van der Waals surface area contributed by atoms with E-state index in [0.29, 0.717) is 18.2 Å². The number of benzene rings is 1. The van der Waals surface area contributed by atoms with Crippen LogP contribution in [0.5, 0.6) is 0 Å². The van der Waals surface area contributed by atoms with Crippen LogP contribution in [0.25, 0.3) is 10.4 Å². The Labute approximate surface area is 147 Å². The summed E-state index contributed by atoms with van der Waals surface area (Å²) in [7, 11) is 2.15. The van der Waals surface area contributed by atoms with Gasteiger partial charge in [0.25, 0.3) is 0 Å². The molecule has 1 fully saturated rings. The van der Waals surface area contributed by atoms with Gasteiger partial charge in [0.1, 0.15) is 5.82 Å². The van der Waals surface area contributed by atoms with E-state index in [-0.39, 0.29) is 12.4 Å². The van der Waals surface area contributed by atoms with Gasteiger partial charge in [-0.25, -0.2) is 4.39 Å². The molecule has 1 aliphatic rings. The van der Waals surface area contributed by atoms with Crippen molar-refractivity contribution in [3.05, 3.63) is 47.1 Å². The van der Waals surface area contributed by atoms with E-state index in [1.54, 1.807) is 17.4 Å². The topological polar surface area (TPSA) is 26.7 Å². The van der Waals surface area contributed by atoms with E-state index in [1.165, 1.54) is 0 Å². The molecule has 1 N–H and O–H groups in total. The molecule has 0 unspecified atom stereocenters. The summed E-state index contributed by atoms with van der Waals surface area (Å²) in [5.41, 5.74) is 1.78. The molecule has 3 nitrogen and oxygen atoms in total. The van der Waals surface area contributed by atoms with E-state index >= 15 is 0 Å². The number of nitrogens with zero attached hydrogens (tertiary/aromatic N) is 2. The first-order valence-electron chi connectivity index (χ1n) is 8.53. The minimum Gasteiger partial charge on any atom is -0.395 e. The molecule has 2 aromatic rings. The van der Waals surface area contributed by atoms with Gasteiger partial charge in [-0.2, -0.15) is 0 Å². The van der Waals surface area contributed by atoms with Gasteiger partial charge < -0.3 is 10.0 Å². The molecule has 1 aliphatic heterocycles. The average molecular weight is 348 g/mol. The molecule has 0 aliphatic carbocycles. The van der Waals surface area contributed by atoms with Crippen LogP contribution in [-0.2, 0) is 6.54 Å². The zero-order valence-electron chi connectivity index (χ0n) is 14.1. The van der Waals surface area contributed by atoms with Gasteiger partial charge in [0.2, 0.25) is 0 Å². The number of hydrogen-bond acceptors (Lipinski definition) is 4. The lowest BCUT2D eigenvalue weighted by atomic mass is 10.0. The fourth-order valence-corrected chi connectivity index (χ4v) is 4.15. The molecular weight excluding hydrogens is 323 g/mol. The van der Waals surface area contributed by atoms with E-state index in [0.717, 1.165) is 42.9 Å². The Bertz CT molecular complexity index is 639. The molecule has 24 heavy (non-hydrogen) atoms. The van der Waals surface area contributed by atoms with Gasteiger partial charge in [0, 0.05) is 29.6 Å². The van der Waals surface area contributed by atoms with E-state index in [4.69, 9.17) is 0 Å². The minimum atomic E-state index is -0.172. The highest BCUT2D eigenvalue weighted by atomic mass is 32.1. The lowest BCUT2D eigenvalue weighted by molar-refractivity contribution is 0.0941. The maximum Gasteiger partial charge on any atom is 0.131 e. The third-order valence-electron chi connectivity index (χ3n) is 4.79. The Balaban J connectivity index is 1.76. The molecule has 0 saturated carbocycles. The van der Waals surface area contributed by atoms with Crippen molar-refractivity contribution in [3.8, 4) is 10.4 Å². The molecule has 1 aromatic heterocycles. The van der Waals surface area contributed by atoms with Crippen LogP contribution in [0.4, 0.5) is 4.39 Å². The van der Waals surface area contributed by atoms with Crippen molar-refractivity contribution in [2.75, 3.05) is 33.3 Å². The molecule has 2 heterocycles. The van der Waals surface area contributed by atoms with Crippen molar-refractivity contribution in [2.24, 2.45) is 0 Å². The number of aliphatic hydroxyl groups is 1. The lowest BCUT2D eigenvalue weighted by Crippen LogP contribution is -2.44. The Hall–Kier alpha value is -1.27. The predicted molar refractivity (Wildman–Crippen MR) is 97.7 cm³/mol. The average Bonchev–Trinajstić information content (AvgIpc) is 3.11. The van der Waals surface area contributed by atoms with E-state index < -0.39 is 0 Å². The zero-order valence-corrected chi connectivity index (χ0v) is 14.9. The molecular formula is C19H25FN2OS. The third-order valence-corrected chi connectivity index (χ3v) is 5.70. The van der Waals surface area contributed by atoms with Crippen LogP contribution < -0.4 is 0 Å². The van der Waals surface area contributed by atoms with Gasteiger partial charge >= 0.3 is 0 Å². The molecule has 0 radical (unpaired) electrons. The van der Waals surface area contributed by atoms with Gasteiger partial charge in [0.05, 0.1) is 6.61 Å². The Morgan fingerprint density at radius 3 is 2.75 bits per heavy atom. The standard InChI is InChI=1S/C19H25FN2OS/c1-21-8-6-16(7-9-21)22(10-11-23)14-15-4-5-18(20)17(13-15)19-3-2-12-24-19/h2-5,12-13,16,23H,6-11,14H2,1H3.